The van der Waals surface area contributed by atoms with Crippen molar-refractivity contribution in [2.24, 2.45) is 0 Å². The Kier molecular flexibility index (Phi) is 4.69. The molecule has 1 amide bonds. The van der Waals surface area contributed by atoms with E-state index in [1.807, 2.05) is 13.8 Å². The number of nitrogens with zero attached hydrogens (tertiary/aromatic N) is 3. The number of carboxylic acids is 1. The van der Waals surface area contributed by atoms with E-state index in [1.165, 1.54) is 0 Å². The number of amides is 1. The van der Waals surface area contributed by atoms with Gasteiger partial charge < -0.3 is 10.0 Å². The summed E-state index contributed by atoms with van der Waals surface area (Å²) in [7, 11) is 1.75. The average Bonchev–Trinajstić information content (AvgIpc) is 2.55. The third kappa shape index (κ3) is 3.56. The molecule has 0 bridgehead atoms. The zero-order chi connectivity index (χ0) is 14.7. The lowest BCUT2D eigenvalue weighted by Crippen LogP contribution is -2.36. The standard InChI is InChI=1S/C13H21N3O3/c1-8(2)15(5)12(17)7-16-10(4)11(6-13(18)19)9(3)14-16/h8H,6-7H2,1-5H3,(H,18,19). The summed E-state index contributed by atoms with van der Waals surface area (Å²) < 4.78 is 1.58. The first-order valence-electron chi connectivity index (χ1n) is 6.24. The normalized spacial score (nSPS) is 10.8. The molecule has 0 aromatic carbocycles. The van der Waals surface area contributed by atoms with Crippen LogP contribution in [0.1, 0.15) is 30.8 Å². The van der Waals surface area contributed by atoms with Crippen LogP contribution < -0.4 is 0 Å². The summed E-state index contributed by atoms with van der Waals surface area (Å²) in [6, 6.07) is 0.128. The molecule has 0 radical (unpaired) electrons. The topological polar surface area (TPSA) is 75.4 Å². The minimum absolute atomic E-state index is 0.0394. The van der Waals surface area contributed by atoms with Gasteiger partial charge in [-0.3, -0.25) is 14.3 Å². The number of carbonyl (C=O) groups is 2. The fourth-order valence-corrected chi connectivity index (χ4v) is 1.82. The maximum absolute atomic E-state index is 12.0. The Balaban J connectivity index is 2.91. The number of aromatic nitrogens is 2. The molecule has 0 aliphatic heterocycles. The number of aliphatic carboxylic acids is 1. The Morgan fingerprint density at radius 2 is 1.95 bits per heavy atom. The van der Waals surface area contributed by atoms with Crippen LogP contribution in [0.2, 0.25) is 0 Å². The van der Waals surface area contributed by atoms with Crippen LogP contribution >= 0.6 is 0 Å². The van der Waals surface area contributed by atoms with Crippen LogP contribution in [-0.4, -0.2) is 44.8 Å². The monoisotopic (exact) mass is 267 g/mol. The Bertz CT molecular complexity index is 492. The number of hydrogen-bond acceptors (Lipinski definition) is 3. The predicted molar refractivity (Wildman–Crippen MR) is 70.9 cm³/mol. The maximum atomic E-state index is 12.0. The van der Waals surface area contributed by atoms with E-state index in [2.05, 4.69) is 5.10 Å². The average molecular weight is 267 g/mol. The first-order chi connectivity index (χ1) is 8.73. The van der Waals surface area contributed by atoms with E-state index in [0.717, 1.165) is 5.69 Å². The van der Waals surface area contributed by atoms with E-state index >= 15 is 0 Å². The van der Waals surface area contributed by atoms with Gasteiger partial charge in [0, 0.05) is 24.3 Å². The summed E-state index contributed by atoms with van der Waals surface area (Å²) >= 11 is 0. The van der Waals surface area contributed by atoms with Gasteiger partial charge in [-0.2, -0.15) is 5.10 Å². The van der Waals surface area contributed by atoms with Crippen LogP contribution in [0.3, 0.4) is 0 Å². The molecule has 0 aliphatic rings. The molecule has 0 atom stereocenters. The van der Waals surface area contributed by atoms with Gasteiger partial charge in [0.1, 0.15) is 6.54 Å². The van der Waals surface area contributed by atoms with Gasteiger partial charge in [0.2, 0.25) is 5.91 Å². The van der Waals surface area contributed by atoms with Crippen molar-refractivity contribution in [2.45, 2.75) is 46.7 Å². The van der Waals surface area contributed by atoms with E-state index in [0.29, 0.717) is 11.3 Å². The Labute approximate surface area is 113 Å². The highest BCUT2D eigenvalue weighted by Gasteiger charge is 2.18. The molecule has 0 saturated carbocycles. The fourth-order valence-electron chi connectivity index (χ4n) is 1.82. The van der Waals surface area contributed by atoms with Gasteiger partial charge in [0.05, 0.1) is 12.1 Å². The van der Waals surface area contributed by atoms with Gasteiger partial charge in [-0.15, -0.1) is 0 Å². The molecule has 0 aliphatic carbocycles. The molecule has 1 heterocycles. The summed E-state index contributed by atoms with van der Waals surface area (Å²) in [4.78, 5) is 24.4. The number of carbonyl (C=O) groups excluding carboxylic acids is 1. The molecule has 0 saturated heterocycles. The highest BCUT2D eigenvalue weighted by Crippen LogP contribution is 2.14. The van der Waals surface area contributed by atoms with Crippen molar-refractivity contribution in [3.05, 3.63) is 17.0 Å². The van der Waals surface area contributed by atoms with Crippen molar-refractivity contribution in [3.8, 4) is 0 Å². The van der Waals surface area contributed by atoms with Gasteiger partial charge >= 0.3 is 5.97 Å². The molecule has 0 fully saturated rings. The highest BCUT2D eigenvalue weighted by molar-refractivity contribution is 5.76. The third-order valence-electron chi connectivity index (χ3n) is 3.31. The lowest BCUT2D eigenvalue weighted by atomic mass is 10.1. The second-order valence-electron chi connectivity index (χ2n) is 4.98. The van der Waals surface area contributed by atoms with Crippen molar-refractivity contribution in [1.29, 1.82) is 0 Å². The molecule has 1 N–H and O–H groups in total. The third-order valence-corrected chi connectivity index (χ3v) is 3.31. The maximum Gasteiger partial charge on any atom is 0.307 e. The Morgan fingerprint density at radius 1 is 1.37 bits per heavy atom. The summed E-state index contributed by atoms with van der Waals surface area (Å²) in [5.74, 6) is -0.932. The first kappa shape index (κ1) is 15.2. The summed E-state index contributed by atoms with van der Waals surface area (Å²) in [6.07, 6.45) is -0.0636. The molecule has 1 rings (SSSR count). The smallest absolute Gasteiger partial charge is 0.307 e. The quantitative estimate of drug-likeness (QED) is 0.863. The van der Waals surface area contributed by atoms with Gasteiger partial charge in [-0.25, -0.2) is 0 Å². The van der Waals surface area contributed by atoms with E-state index in [4.69, 9.17) is 5.11 Å². The van der Waals surface area contributed by atoms with E-state index < -0.39 is 5.97 Å². The number of carboxylic acid groups (broad SMARTS) is 1. The Morgan fingerprint density at radius 3 is 2.42 bits per heavy atom. The largest absolute Gasteiger partial charge is 0.481 e. The molecule has 19 heavy (non-hydrogen) atoms. The van der Waals surface area contributed by atoms with Crippen molar-refractivity contribution in [2.75, 3.05) is 7.05 Å². The highest BCUT2D eigenvalue weighted by atomic mass is 16.4. The van der Waals surface area contributed by atoms with Gasteiger partial charge in [0.25, 0.3) is 0 Å². The van der Waals surface area contributed by atoms with E-state index in [1.54, 1.807) is 30.5 Å². The summed E-state index contributed by atoms with van der Waals surface area (Å²) in [5, 5.41) is 13.1. The summed E-state index contributed by atoms with van der Waals surface area (Å²) in [5.41, 5.74) is 2.10. The Hall–Kier alpha value is -1.85. The predicted octanol–water partition coefficient (Wildman–Crippen LogP) is 0.994. The zero-order valence-corrected chi connectivity index (χ0v) is 12.1. The molecule has 1 aromatic heterocycles. The van der Waals surface area contributed by atoms with Crippen LogP contribution in [0.15, 0.2) is 0 Å². The van der Waals surface area contributed by atoms with Gasteiger partial charge in [-0.05, 0) is 27.7 Å². The SMILES string of the molecule is Cc1nn(CC(=O)N(C)C(C)C)c(C)c1CC(=O)O. The van der Waals surface area contributed by atoms with Crippen molar-refractivity contribution < 1.29 is 14.7 Å². The molecular weight excluding hydrogens is 246 g/mol. The van der Waals surface area contributed by atoms with Crippen LogP contribution in [0.5, 0.6) is 0 Å². The molecule has 6 heteroatoms. The number of hydrogen-bond donors (Lipinski definition) is 1. The lowest BCUT2D eigenvalue weighted by Gasteiger charge is -2.21. The minimum atomic E-state index is -0.892. The second-order valence-corrected chi connectivity index (χ2v) is 4.98. The molecular formula is C13H21N3O3. The lowest BCUT2D eigenvalue weighted by molar-refractivity contribution is -0.136. The van der Waals surface area contributed by atoms with E-state index in [-0.39, 0.29) is 24.9 Å². The molecule has 0 unspecified atom stereocenters. The fraction of sp³-hybridized carbons (Fsp3) is 0.615. The van der Waals surface area contributed by atoms with Crippen molar-refractivity contribution in [1.82, 2.24) is 14.7 Å². The molecule has 106 valence electrons. The number of rotatable bonds is 5. The second kappa shape index (κ2) is 5.86. The zero-order valence-electron chi connectivity index (χ0n) is 12.1. The minimum Gasteiger partial charge on any atom is -0.481 e. The molecule has 1 aromatic rings. The molecule has 0 spiro atoms. The van der Waals surface area contributed by atoms with Crippen molar-refractivity contribution >= 4 is 11.9 Å². The first-order valence-corrected chi connectivity index (χ1v) is 6.24. The van der Waals surface area contributed by atoms with Gasteiger partial charge in [0.15, 0.2) is 0 Å². The van der Waals surface area contributed by atoms with Crippen LogP contribution in [0, 0.1) is 13.8 Å². The summed E-state index contributed by atoms with van der Waals surface area (Å²) in [6.45, 7) is 7.57. The van der Waals surface area contributed by atoms with Gasteiger partial charge in [-0.1, -0.05) is 0 Å². The van der Waals surface area contributed by atoms with Crippen LogP contribution in [0.25, 0.3) is 0 Å². The van der Waals surface area contributed by atoms with E-state index in [9.17, 15) is 9.59 Å². The molecule has 6 nitrogen and oxygen atoms in total. The number of likely N-dealkylation sites (N-methyl/N-ethyl adjacent to an activating group) is 1. The van der Waals surface area contributed by atoms with Crippen molar-refractivity contribution in [3.63, 3.8) is 0 Å². The number of aryl methyl sites for hydroxylation is 1. The van der Waals surface area contributed by atoms with Crippen LogP contribution in [0.4, 0.5) is 0 Å². The van der Waals surface area contributed by atoms with Crippen LogP contribution in [-0.2, 0) is 22.6 Å².